The quantitative estimate of drug-likeness (QED) is 0.761. The Kier molecular flexibility index (Phi) is 5.67. The van der Waals surface area contributed by atoms with Crippen LogP contribution in [0.5, 0.6) is 0 Å². The average Bonchev–Trinajstić information content (AvgIpc) is 2.92. The van der Waals surface area contributed by atoms with Crippen molar-refractivity contribution in [2.24, 2.45) is 0 Å². The third kappa shape index (κ3) is 5.02. The molecule has 1 saturated carbocycles. The summed E-state index contributed by atoms with van der Waals surface area (Å²) < 4.78 is 48.6. The van der Waals surface area contributed by atoms with E-state index in [1.165, 1.54) is 24.3 Å². The van der Waals surface area contributed by atoms with Gasteiger partial charge in [-0.05, 0) is 50.5 Å². The zero-order valence-electron chi connectivity index (χ0n) is 13.7. The van der Waals surface area contributed by atoms with Gasteiger partial charge in [-0.15, -0.1) is 0 Å². The summed E-state index contributed by atoms with van der Waals surface area (Å²) >= 11 is 0. The van der Waals surface area contributed by atoms with Crippen molar-refractivity contribution in [1.82, 2.24) is 10.0 Å². The zero-order valence-corrected chi connectivity index (χ0v) is 15.3. The summed E-state index contributed by atoms with van der Waals surface area (Å²) in [6.07, 6.45) is 3.03. The van der Waals surface area contributed by atoms with Crippen molar-refractivity contribution in [3.05, 3.63) is 29.8 Å². The molecule has 0 unspecified atom stereocenters. The average molecular weight is 374 g/mol. The Morgan fingerprint density at radius 3 is 2.21 bits per heavy atom. The maximum absolute atomic E-state index is 12.2. The second kappa shape index (κ2) is 7.20. The van der Waals surface area contributed by atoms with E-state index in [2.05, 4.69) is 10.0 Å². The van der Waals surface area contributed by atoms with Gasteiger partial charge in [0.05, 0.1) is 10.6 Å². The maximum atomic E-state index is 12.2. The summed E-state index contributed by atoms with van der Waals surface area (Å²) in [5, 5.41) is 2.86. The number of carbonyl (C=O) groups excluding carboxylic acids is 1. The fourth-order valence-corrected chi connectivity index (χ4v) is 4.20. The minimum atomic E-state index is -3.29. The molecule has 24 heavy (non-hydrogen) atoms. The highest BCUT2D eigenvalue weighted by Crippen LogP contribution is 2.20. The molecular weight excluding hydrogens is 352 g/mol. The molecule has 1 aliphatic carbocycles. The Balaban J connectivity index is 1.94. The molecule has 0 radical (unpaired) electrons. The molecule has 1 aromatic carbocycles. The normalized spacial score (nSPS) is 21.6. The molecular formula is C15H22N2O5S2. The van der Waals surface area contributed by atoms with Crippen molar-refractivity contribution in [3.8, 4) is 0 Å². The van der Waals surface area contributed by atoms with Crippen LogP contribution >= 0.6 is 0 Å². The Morgan fingerprint density at radius 1 is 1.08 bits per heavy atom. The molecule has 1 fully saturated rings. The molecule has 0 spiro atoms. The standard InChI is InChI=1S/C15H22N2O5S2/c1-3-24(21,22)17-13-7-6-12(10-13)16-15(18)11-4-8-14(9-5-11)23(2,19)20/h4-5,8-9,12-13,17H,3,6-7,10H2,1-2H3,(H,16,18)/t12-,13+/m0/s1. The first-order valence-corrected chi connectivity index (χ1v) is 11.3. The van der Waals surface area contributed by atoms with Crippen LogP contribution in [0.3, 0.4) is 0 Å². The first-order chi connectivity index (χ1) is 11.1. The molecule has 0 bridgehead atoms. The zero-order chi connectivity index (χ0) is 18.0. The third-order valence-corrected chi connectivity index (χ3v) is 6.62. The Labute approximate surface area is 142 Å². The van der Waals surface area contributed by atoms with E-state index in [4.69, 9.17) is 0 Å². The van der Waals surface area contributed by atoms with Crippen LogP contribution in [0.15, 0.2) is 29.2 Å². The summed E-state index contributed by atoms with van der Waals surface area (Å²) in [5.41, 5.74) is 0.375. The fourth-order valence-electron chi connectivity index (χ4n) is 2.68. The van der Waals surface area contributed by atoms with Crippen LogP contribution in [0.4, 0.5) is 0 Å². The van der Waals surface area contributed by atoms with Gasteiger partial charge in [-0.3, -0.25) is 4.79 Å². The predicted octanol–water partition coefficient (Wildman–Crippen LogP) is 0.680. The topological polar surface area (TPSA) is 109 Å². The lowest BCUT2D eigenvalue weighted by molar-refractivity contribution is 0.0937. The second-order valence-electron chi connectivity index (χ2n) is 6.00. The molecule has 0 heterocycles. The van der Waals surface area contributed by atoms with Crippen molar-refractivity contribution < 1.29 is 21.6 Å². The minimum Gasteiger partial charge on any atom is -0.349 e. The monoisotopic (exact) mass is 374 g/mol. The van der Waals surface area contributed by atoms with Crippen molar-refractivity contribution in [1.29, 1.82) is 0 Å². The molecule has 2 atom stereocenters. The van der Waals surface area contributed by atoms with Gasteiger partial charge in [0.15, 0.2) is 9.84 Å². The summed E-state index contributed by atoms with van der Waals surface area (Å²) in [4.78, 5) is 12.4. The van der Waals surface area contributed by atoms with E-state index < -0.39 is 19.9 Å². The molecule has 0 aromatic heterocycles. The molecule has 9 heteroatoms. The van der Waals surface area contributed by atoms with Crippen LogP contribution in [0.1, 0.15) is 36.5 Å². The molecule has 1 amide bonds. The molecule has 1 aliphatic rings. The molecule has 2 rings (SSSR count). The van der Waals surface area contributed by atoms with Crippen LogP contribution in [-0.2, 0) is 19.9 Å². The maximum Gasteiger partial charge on any atom is 0.251 e. The summed E-state index contributed by atoms with van der Waals surface area (Å²) in [5.74, 6) is -0.258. The van der Waals surface area contributed by atoms with E-state index in [0.29, 0.717) is 24.8 Å². The van der Waals surface area contributed by atoms with Crippen molar-refractivity contribution in [2.45, 2.75) is 43.2 Å². The number of nitrogens with one attached hydrogen (secondary N) is 2. The minimum absolute atomic E-state index is 0.0349. The van der Waals surface area contributed by atoms with Gasteiger partial charge in [0, 0.05) is 23.9 Å². The molecule has 7 nitrogen and oxygen atoms in total. The number of sulfonamides is 1. The number of amides is 1. The fraction of sp³-hybridized carbons (Fsp3) is 0.533. The van der Waals surface area contributed by atoms with Crippen LogP contribution in [-0.4, -0.2) is 46.8 Å². The molecule has 0 saturated heterocycles. The Hall–Kier alpha value is -1.45. The van der Waals surface area contributed by atoms with Crippen molar-refractivity contribution in [3.63, 3.8) is 0 Å². The lowest BCUT2D eigenvalue weighted by Crippen LogP contribution is -2.37. The van der Waals surface area contributed by atoms with Gasteiger partial charge < -0.3 is 5.32 Å². The summed E-state index contributed by atoms with van der Waals surface area (Å²) in [6.45, 7) is 1.58. The van der Waals surface area contributed by atoms with Gasteiger partial charge in [-0.25, -0.2) is 21.6 Å². The number of rotatable bonds is 6. The first-order valence-electron chi connectivity index (χ1n) is 7.71. The predicted molar refractivity (Wildman–Crippen MR) is 91.0 cm³/mol. The van der Waals surface area contributed by atoms with Gasteiger partial charge in [0.1, 0.15) is 0 Å². The van der Waals surface area contributed by atoms with Gasteiger partial charge in [-0.1, -0.05) is 0 Å². The molecule has 2 N–H and O–H groups in total. The molecule has 0 aliphatic heterocycles. The lowest BCUT2D eigenvalue weighted by Gasteiger charge is -2.14. The van der Waals surface area contributed by atoms with Gasteiger partial charge in [0.2, 0.25) is 10.0 Å². The smallest absolute Gasteiger partial charge is 0.251 e. The van der Waals surface area contributed by atoms with Crippen molar-refractivity contribution in [2.75, 3.05) is 12.0 Å². The SMILES string of the molecule is CCS(=O)(=O)N[C@@H]1CC[C@H](NC(=O)c2ccc(S(C)(=O)=O)cc2)C1. The Morgan fingerprint density at radius 2 is 1.67 bits per heavy atom. The highest BCUT2D eigenvalue weighted by molar-refractivity contribution is 7.90. The largest absolute Gasteiger partial charge is 0.349 e. The summed E-state index contributed by atoms with van der Waals surface area (Å²) in [6, 6.07) is 5.48. The first kappa shape index (κ1) is 18.9. The summed E-state index contributed by atoms with van der Waals surface area (Å²) in [7, 11) is -6.54. The highest BCUT2D eigenvalue weighted by atomic mass is 32.2. The van der Waals surface area contributed by atoms with Gasteiger partial charge >= 0.3 is 0 Å². The number of carbonyl (C=O) groups is 1. The lowest BCUT2D eigenvalue weighted by atomic mass is 10.2. The molecule has 134 valence electrons. The van der Waals surface area contributed by atoms with E-state index in [0.717, 1.165) is 6.26 Å². The van der Waals surface area contributed by atoms with Crippen LogP contribution < -0.4 is 10.0 Å². The van der Waals surface area contributed by atoms with Crippen molar-refractivity contribution >= 4 is 25.8 Å². The number of hydrogen-bond donors (Lipinski definition) is 2. The van der Waals surface area contributed by atoms with E-state index in [1.54, 1.807) is 6.92 Å². The number of sulfone groups is 1. The van der Waals surface area contributed by atoms with E-state index in [-0.39, 0.29) is 28.6 Å². The van der Waals surface area contributed by atoms with Crippen LogP contribution in [0.2, 0.25) is 0 Å². The highest BCUT2D eigenvalue weighted by Gasteiger charge is 2.28. The van der Waals surface area contributed by atoms with Crippen LogP contribution in [0, 0.1) is 0 Å². The number of hydrogen-bond acceptors (Lipinski definition) is 5. The van der Waals surface area contributed by atoms with E-state index in [9.17, 15) is 21.6 Å². The number of benzene rings is 1. The Bertz CT molecular complexity index is 801. The third-order valence-electron chi connectivity index (χ3n) is 4.04. The second-order valence-corrected chi connectivity index (χ2v) is 10.1. The van der Waals surface area contributed by atoms with Gasteiger partial charge in [-0.2, -0.15) is 0 Å². The van der Waals surface area contributed by atoms with Crippen LogP contribution in [0.25, 0.3) is 0 Å². The van der Waals surface area contributed by atoms with E-state index in [1.807, 2.05) is 0 Å². The van der Waals surface area contributed by atoms with E-state index >= 15 is 0 Å². The molecule has 1 aromatic rings. The van der Waals surface area contributed by atoms with Gasteiger partial charge in [0.25, 0.3) is 5.91 Å².